The highest BCUT2D eigenvalue weighted by molar-refractivity contribution is 6.18. The number of benzene rings is 3. The number of hydrogen-bond acceptors (Lipinski definition) is 7. The third-order valence-corrected chi connectivity index (χ3v) is 5.41. The molecule has 0 saturated heterocycles. The molecule has 0 radical (unpaired) electrons. The first-order valence-electron chi connectivity index (χ1n) is 11.4. The lowest BCUT2D eigenvalue weighted by Gasteiger charge is -2.18. The first kappa shape index (κ1) is 26.0. The van der Waals surface area contributed by atoms with Crippen molar-refractivity contribution in [2.24, 2.45) is 0 Å². The zero-order chi connectivity index (χ0) is 26.2. The molecular weight excluding hydrogens is 458 g/mol. The van der Waals surface area contributed by atoms with Gasteiger partial charge in [-0.1, -0.05) is 38.1 Å². The van der Waals surface area contributed by atoms with E-state index in [1.54, 1.807) is 31.2 Å². The number of ketones is 1. The third-order valence-electron chi connectivity index (χ3n) is 5.41. The quantitative estimate of drug-likeness (QED) is 0.255. The molecule has 0 saturated carbocycles. The Morgan fingerprint density at radius 1 is 1.03 bits per heavy atom. The van der Waals surface area contributed by atoms with Gasteiger partial charge < -0.3 is 20.5 Å². The van der Waals surface area contributed by atoms with E-state index in [4.69, 9.17) is 15.2 Å². The van der Waals surface area contributed by atoms with E-state index in [0.29, 0.717) is 11.5 Å². The molecule has 1 amide bonds. The summed E-state index contributed by atoms with van der Waals surface area (Å²) in [6, 6.07) is 18.1. The van der Waals surface area contributed by atoms with E-state index < -0.39 is 24.3 Å². The van der Waals surface area contributed by atoms with Crippen LogP contribution < -0.4 is 15.8 Å². The maximum atomic E-state index is 13.6. The Hall–Kier alpha value is -4.64. The largest absolute Gasteiger partial charge is 0.481 e. The van der Waals surface area contributed by atoms with Gasteiger partial charge in [-0.05, 0) is 54.8 Å². The Kier molecular flexibility index (Phi) is 8.42. The van der Waals surface area contributed by atoms with E-state index in [9.17, 15) is 19.6 Å². The molecule has 8 heteroatoms. The molecule has 0 aliphatic carbocycles. The minimum absolute atomic E-state index is 0.0371. The van der Waals surface area contributed by atoms with Crippen molar-refractivity contribution in [1.29, 1.82) is 5.26 Å². The van der Waals surface area contributed by atoms with Gasteiger partial charge in [0.15, 0.2) is 12.4 Å². The zero-order valence-corrected chi connectivity index (χ0v) is 20.3. The minimum atomic E-state index is -0.616. The summed E-state index contributed by atoms with van der Waals surface area (Å²) in [5.74, 6) is -1.28. The van der Waals surface area contributed by atoms with Gasteiger partial charge in [0, 0.05) is 11.1 Å². The van der Waals surface area contributed by atoms with Crippen LogP contribution >= 0.6 is 0 Å². The highest BCUT2D eigenvalue weighted by Gasteiger charge is 2.24. The van der Waals surface area contributed by atoms with Gasteiger partial charge in [0.05, 0.1) is 35.2 Å². The van der Waals surface area contributed by atoms with Gasteiger partial charge >= 0.3 is 5.97 Å². The Morgan fingerprint density at radius 2 is 1.75 bits per heavy atom. The number of rotatable bonds is 9. The van der Waals surface area contributed by atoms with Crippen molar-refractivity contribution in [2.45, 2.75) is 26.7 Å². The smallest absolute Gasteiger partial charge is 0.344 e. The lowest BCUT2D eigenvalue weighted by Crippen LogP contribution is -2.20. The average molecular weight is 486 g/mol. The van der Waals surface area contributed by atoms with Crippen molar-refractivity contribution in [3.05, 3.63) is 88.5 Å². The number of nitrogens with two attached hydrogens (primary N) is 1. The molecule has 3 aromatic carbocycles. The minimum Gasteiger partial charge on any atom is -0.481 e. The molecule has 0 aliphatic rings. The molecule has 0 aromatic heterocycles. The second kappa shape index (κ2) is 11.7. The third kappa shape index (κ3) is 6.07. The summed E-state index contributed by atoms with van der Waals surface area (Å²) in [6.07, 6.45) is 0. The molecule has 184 valence electrons. The zero-order valence-electron chi connectivity index (χ0n) is 20.3. The van der Waals surface area contributed by atoms with E-state index in [0.717, 1.165) is 5.56 Å². The predicted octanol–water partition coefficient (Wildman–Crippen LogP) is 4.69. The summed E-state index contributed by atoms with van der Waals surface area (Å²) in [5.41, 5.74) is 8.26. The highest BCUT2D eigenvalue weighted by atomic mass is 16.6. The monoisotopic (exact) mass is 485 g/mol. The van der Waals surface area contributed by atoms with Crippen molar-refractivity contribution in [3.8, 4) is 11.8 Å². The number of carbonyl (C=O) groups excluding carboxylic acids is 3. The Labute approximate surface area is 209 Å². The molecule has 0 fully saturated rings. The normalized spacial score (nSPS) is 10.4. The van der Waals surface area contributed by atoms with Crippen molar-refractivity contribution in [2.75, 3.05) is 24.3 Å². The molecule has 3 rings (SSSR count). The highest BCUT2D eigenvalue weighted by Crippen LogP contribution is 2.35. The maximum Gasteiger partial charge on any atom is 0.344 e. The van der Waals surface area contributed by atoms with Crippen LogP contribution in [0.1, 0.15) is 64.1 Å². The van der Waals surface area contributed by atoms with Crippen LogP contribution in [0.2, 0.25) is 0 Å². The number of esters is 1. The SMILES string of the molecule is CCOC(=O)COc1ccc(N)c(NC(=O)c2ccc(C(C)C)cc2)c1C(=O)c1cccc(C#N)c1. The fourth-order valence-electron chi connectivity index (χ4n) is 3.50. The Morgan fingerprint density at radius 3 is 2.39 bits per heavy atom. The molecule has 8 nitrogen and oxygen atoms in total. The molecule has 0 unspecified atom stereocenters. The predicted molar refractivity (Wildman–Crippen MR) is 136 cm³/mol. The number of nitrogen functional groups attached to an aromatic ring is 1. The van der Waals surface area contributed by atoms with Crippen molar-refractivity contribution in [1.82, 2.24) is 0 Å². The number of carbonyl (C=O) groups is 3. The number of anilines is 2. The number of ether oxygens (including phenoxy) is 2. The van der Waals surface area contributed by atoms with Gasteiger partial charge in [0.2, 0.25) is 0 Å². The first-order chi connectivity index (χ1) is 17.2. The summed E-state index contributed by atoms with van der Waals surface area (Å²) in [4.78, 5) is 38.6. The second-order valence-electron chi connectivity index (χ2n) is 8.25. The lowest BCUT2D eigenvalue weighted by atomic mass is 9.97. The van der Waals surface area contributed by atoms with Gasteiger partial charge in [0.25, 0.3) is 5.91 Å². The van der Waals surface area contributed by atoms with Crippen LogP contribution in [0.3, 0.4) is 0 Å². The van der Waals surface area contributed by atoms with Crippen LogP contribution in [-0.4, -0.2) is 30.9 Å². The fraction of sp³-hybridized carbons (Fsp3) is 0.214. The van der Waals surface area contributed by atoms with Gasteiger partial charge in [-0.15, -0.1) is 0 Å². The Bertz CT molecular complexity index is 1320. The fourth-order valence-corrected chi connectivity index (χ4v) is 3.50. The molecule has 36 heavy (non-hydrogen) atoms. The number of hydrogen-bond donors (Lipinski definition) is 2. The van der Waals surface area contributed by atoms with E-state index in [1.165, 1.54) is 24.3 Å². The number of nitrogens with zero attached hydrogens (tertiary/aromatic N) is 1. The van der Waals surface area contributed by atoms with Crippen LogP contribution in [0.5, 0.6) is 5.75 Å². The standard InChI is InChI=1S/C28H27N3O5/c1-4-35-24(32)16-36-23-13-12-22(30)26(25(23)27(33)21-7-5-6-18(14-21)15-29)31-28(34)20-10-8-19(9-11-20)17(2)3/h5-14,17H,4,16,30H2,1-3H3,(H,31,34). The van der Waals surface area contributed by atoms with Crippen LogP contribution in [0, 0.1) is 11.3 Å². The van der Waals surface area contributed by atoms with Crippen molar-refractivity contribution in [3.63, 3.8) is 0 Å². The molecule has 0 aliphatic heterocycles. The molecule has 0 bridgehead atoms. The van der Waals surface area contributed by atoms with Crippen LogP contribution in [0.4, 0.5) is 11.4 Å². The molecule has 3 N–H and O–H groups in total. The van der Waals surface area contributed by atoms with E-state index in [1.807, 2.05) is 18.2 Å². The Balaban J connectivity index is 2.05. The molecule has 0 atom stereocenters. The average Bonchev–Trinajstić information content (AvgIpc) is 2.88. The van der Waals surface area contributed by atoms with Gasteiger partial charge in [-0.3, -0.25) is 9.59 Å². The van der Waals surface area contributed by atoms with Crippen LogP contribution in [0.15, 0.2) is 60.7 Å². The molecule has 0 spiro atoms. The van der Waals surface area contributed by atoms with E-state index in [2.05, 4.69) is 19.2 Å². The van der Waals surface area contributed by atoms with Gasteiger partial charge in [-0.2, -0.15) is 5.26 Å². The summed E-state index contributed by atoms with van der Waals surface area (Å²) < 4.78 is 10.5. The van der Waals surface area contributed by atoms with Gasteiger partial charge in [0.1, 0.15) is 5.75 Å². The summed E-state index contributed by atoms with van der Waals surface area (Å²) in [5, 5.41) is 12.0. The van der Waals surface area contributed by atoms with Crippen LogP contribution in [-0.2, 0) is 9.53 Å². The first-order valence-corrected chi connectivity index (χ1v) is 11.4. The lowest BCUT2D eigenvalue weighted by molar-refractivity contribution is -0.145. The number of nitrogens with one attached hydrogen (secondary N) is 1. The van der Waals surface area contributed by atoms with Gasteiger partial charge in [-0.25, -0.2) is 4.79 Å². The molecular formula is C28H27N3O5. The number of nitriles is 1. The maximum absolute atomic E-state index is 13.6. The van der Waals surface area contributed by atoms with Crippen molar-refractivity contribution >= 4 is 29.0 Å². The summed E-state index contributed by atoms with van der Waals surface area (Å²) in [6.45, 7) is 5.50. The second-order valence-corrected chi connectivity index (χ2v) is 8.25. The number of amides is 1. The summed E-state index contributed by atoms with van der Waals surface area (Å²) >= 11 is 0. The van der Waals surface area contributed by atoms with E-state index in [-0.39, 0.29) is 40.4 Å². The van der Waals surface area contributed by atoms with E-state index >= 15 is 0 Å². The van der Waals surface area contributed by atoms with Crippen LogP contribution in [0.25, 0.3) is 0 Å². The topological polar surface area (TPSA) is 132 Å². The van der Waals surface area contributed by atoms with Crippen molar-refractivity contribution < 1.29 is 23.9 Å². The molecule has 3 aromatic rings. The summed E-state index contributed by atoms with van der Waals surface area (Å²) in [7, 11) is 0. The molecule has 0 heterocycles.